The van der Waals surface area contributed by atoms with Crippen molar-refractivity contribution in [1.82, 2.24) is 24.8 Å². The fourth-order valence-corrected chi connectivity index (χ4v) is 3.18. The monoisotopic (exact) mass is 353 g/mol. The first-order valence-electron chi connectivity index (χ1n) is 7.99. The summed E-state index contributed by atoms with van der Waals surface area (Å²) in [6.45, 7) is 2.31. The molecule has 1 aromatic carbocycles. The number of nitrogens with zero attached hydrogens (tertiary/aromatic N) is 5. The third-order valence-electron chi connectivity index (χ3n) is 4.28. The predicted octanol–water partition coefficient (Wildman–Crippen LogP) is 2.85. The van der Waals surface area contributed by atoms with Crippen molar-refractivity contribution in [3.63, 3.8) is 0 Å². The van der Waals surface area contributed by atoms with Crippen molar-refractivity contribution in [3.05, 3.63) is 65.0 Å². The fraction of sp³-hybridized carbons (Fsp3) is 0.222. The van der Waals surface area contributed by atoms with Crippen LogP contribution in [0.15, 0.2) is 43.1 Å². The summed E-state index contributed by atoms with van der Waals surface area (Å²) in [5, 5.41) is 10.2. The summed E-state index contributed by atoms with van der Waals surface area (Å²) < 4.78 is 0. The molecule has 1 aliphatic heterocycles. The Balaban J connectivity index is 1.53. The van der Waals surface area contributed by atoms with E-state index in [9.17, 15) is 5.11 Å². The first-order valence-corrected chi connectivity index (χ1v) is 8.37. The van der Waals surface area contributed by atoms with Crippen LogP contribution >= 0.6 is 11.6 Å². The van der Waals surface area contributed by atoms with Gasteiger partial charge >= 0.3 is 0 Å². The number of fused-ring (bicyclic) bond motifs is 1. The Hall–Kier alpha value is -2.57. The Morgan fingerprint density at radius 1 is 1.16 bits per heavy atom. The Morgan fingerprint density at radius 3 is 2.84 bits per heavy atom. The summed E-state index contributed by atoms with van der Waals surface area (Å²) >= 11 is 6.19. The molecule has 3 heterocycles. The fourth-order valence-electron chi connectivity index (χ4n) is 2.99. The van der Waals surface area contributed by atoms with Crippen molar-refractivity contribution in [1.29, 1.82) is 0 Å². The van der Waals surface area contributed by atoms with Crippen LogP contribution in [0, 0.1) is 0 Å². The smallest absolute Gasteiger partial charge is 0.162 e. The van der Waals surface area contributed by atoms with Crippen LogP contribution in [0.3, 0.4) is 0 Å². The number of aromatic hydroxyl groups is 1. The number of phenols is 1. The Bertz CT molecular complexity index is 903. The van der Waals surface area contributed by atoms with E-state index in [-0.39, 0.29) is 5.75 Å². The van der Waals surface area contributed by atoms with E-state index < -0.39 is 0 Å². The zero-order valence-corrected chi connectivity index (χ0v) is 14.2. The molecule has 0 unspecified atom stereocenters. The maximum atomic E-state index is 9.75. The minimum atomic E-state index is 0.120. The van der Waals surface area contributed by atoms with E-state index in [0.717, 1.165) is 41.9 Å². The Kier molecular flexibility index (Phi) is 4.29. The first-order chi connectivity index (χ1) is 12.2. The summed E-state index contributed by atoms with van der Waals surface area (Å²) in [7, 11) is 0. The molecule has 1 N–H and O–H groups in total. The molecule has 0 atom stereocenters. The van der Waals surface area contributed by atoms with Crippen LogP contribution in [-0.4, -0.2) is 36.5 Å². The molecule has 6 nitrogen and oxygen atoms in total. The second-order valence-electron chi connectivity index (χ2n) is 6.00. The third-order valence-corrected chi connectivity index (χ3v) is 4.72. The highest BCUT2D eigenvalue weighted by Gasteiger charge is 2.20. The van der Waals surface area contributed by atoms with E-state index in [1.165, 1.54) is 6.33 Å². The first kappa shape index (κ1) is 15.9. The van der Waals surface area contributed by atoms with E-state index in [1.54, 1.807) is 18.5 Å². The molecule has 0 saturated heterocycles. The Morgan fingerprint density at radius 2 is 2.00 bits per heavy atom. The van der Waals surface area contributed by atoms with Gasteiger partial charge in [0.2, 0.25) is 0 Å². The average Bonchev–Trinajstić information content (AvgIpc) is 2.66. The van der Waals surface area contributed by atoms with Crippen LogP contribution in [0.5, 0.6) is 5.75 Å². The molecule has 126 valence electrons. The van der Waals surface area contributed by atoms with Gasteiger partial charge in [0.25, 0.3) is 0 Å². The summed E-state index contributed by atoms with van der Waals surface area (Å²) in [5.41, 5.74) is 3.92. The lowest BCUT2D eigenvalue weighted by atomic mass is 10.1. The molecule has 2 aromatic heterocycles. The summed E-state index contributed by atoms with van der Waals surface area (Å²) in [6, 6.07) is 5.35. The lowest BCUT2D eigenvalue weighted by molar-refractivity contribution is 0.242. The van der Waals surface area contributed by atoms with Gasteiger partial charge in [-0.25, -0.2) is 19.9 Å². The van der Waals surface area contributed by atoms with Crippen molar-refractivity contribution in [2.75, 3.05) is 6.54 Å². The number of rotatable bonds is 3. The van der Waals surface area contributed by atoms with Gasteiger partial charge in [-0.15, -0.1) is 0 Å². The van der Waals surface area contributed by atoms with Gasteiger partial charge in [-0.1, -0.05) is 23.7 Å². The number of benzene rings is 1. The molecule has 0 radical (unpaired) electrons. The van der Waals surface area contributed by atoms with E-state index in [0.29, 0.717) is 17.4 Å². The van der Waals surface area contributed by atoms with E-state index in [2.05, 4.69) is 24.8 Å². The normalized spacial score (nSPS) is 14.3. The zero-order valence-electron chi connectivity index (χ0n) is 13.4. The molecular weight excluding hydrogens is 338 g/mol. The quantitative estimate of drug-likeness (QED) is 0.780. The maximum absolute atomic E-state index is 9.75. The topological polar surface area (TPSA) is 75.0 Å². The molecular formula is C18H16ClN5O. The van der Waals surface area contributed by atoms with Gasteiger partial charge < -0.3 is 5.11 Å². The molecule has 4 rings (SSSR count). The van der Waals surface area contributed by atoms with E-state index >= 15 is 0 Å². The van der Waals surface area contributed by atoms with Gasteiger partial charge in [-0.05, 0) is 11.6 Å². The van der Waals surface area contributed by atoms with Crippen molar-refractivity contribution < 1.29 is 5.11 Å². The SMILES string of the molecule is Oc1cccc(CN2CCc3nc(-c4cncnc4)ncc3C2)c1Cl. The molecule has 1 aliphatic rings. The number of phenolic OH excluding ortho intramolecular Hbond substituents is 1. The largest absolute Gasteiger partial charge is 0.506 e. The third kappa shape index (κ3) is 3.31. The van der Waals surface area contributed by atoms with Gasteiger partial charge in [-0.2, -0.15) is 0 Å². The number of halogens is 1. The van der Waals surface area contributed by atoms with Crippen molar-refractivity contribution in [2.45, 2.75) is 19.5 Å². The second kappa shape index (κ2) is 6.74. The van der Waals surface area contributed by atoms with Crippen molar-refractivity contribution in [2.24, 2.45) is 0 Å². The van der Waals surface area contributed by atoms with Crippen LogP contribution in [0.4, 0.5) is 0 Å². The molecule has 0 saturated carbocycles. The average molecular weight is 354 g/mol. The van der Waals surface area contributed by atoms with Gasteiger partial charge in [0.1, 0.15) is 12.1 Å². The molecule has 0 aliphatic carbocycles. The minimum Gasteiger partial charge on any atom is -0.506 e. The molecule has 25 heavy (non-hydrogen) atoms. The van der Waals surface area contributed by atoms with Crippen LogP contribution in [0.2, 0.25) is 5.02 Å². The summed E-state index contributed by atoms with van der Waals surface area (Å²) in [4.78, 5) is 19.4. The zero-order chi connectivity index (χ0) is 17.2. The summed E-state index contributed by atoms with van der Waals surface area (Å²) in [6.07, 6.45) is 7.64. The highest BCUT2D eigenvalue weighted by molar-refractivity contribution is 6.32. The second-order valence-corrected chi connectivity index (χ2v) is 6.38. The summed E-state index contributed by atoms with van der Waals surface area (Å²) in [5.74, 6) is 0.776. The van der Waals surface area contributed by atoms with Gasteiger partial charge in [0.05, 0.1) is 16.3 Å². The minimum absolute atomic E-state index is 0.120. The van der Waals surface area contributed by atoms with E-state index in [1.807, 2.05) is 18.3 Å². The molecule has 0 bridgehead atoms. The molecule has 0 spiro atoms. The Labute approximate surface area is 150 Å². The highest BCUT2D eigenvalue weighted by atomic mass is 35.5. The van der Waals surface area contributed by atoms with Crippen molar-refractivity contribution >= 4 is 11.6 Å². The lowest BCUT2D eigenvalue weighted by Crippen LogP contribution is -2.31. The van der Waals surface area contributed by atoms with Crippen LogP contribution in [0.1, 0.15) is 16.8 Å². The predicted molar refractivity (Wildman–Crippen MR) is 94.0 cm³/mol. The van der Waals surface area contributed by atoms with Crippen LogP contribution in [-0.2, 0) is 19.5 Å². The highest BCUT2D eigenvalue weighted by Crippen LogP contribution is 2.29. The van der Waals surface area contributed by atoms with Crippen LogP contribution in [0.25, 0.3) is 11.4 Å². The van der Waals surface area contributed by atoms with E-state index in [4.69, 9.17) is 11.6 Å². The molecule has 3 aromatic rings. The lowest BCUT2D eigenvalue weighted by Gasteiger charge is -2.28. The van der Waals surface area contributed by atoms with Gasteiger partial charge in [-0.3, -0.25) is 4.90 Å². The standard InChI is InChI=1S/C18H16ClN5O/c19-17-12(2-1-3-16(17)25)9-24-5-4-15-14(10-24)8-22-18(23-15)13-6-20-11-21-7-13/h1-3,6-8,11,25H,4-5,9-10H2. The van der Waals surface area contributed by atoms with Gasteiger partial charge in [0.15, 0.2) is 5.82 Å². The van der Waals surface area contributed by atoms with Crippen LogP contribution < -0.4 is 0 Å². The maximum Gasteiger partial charge on any atom is 0.162 e. The number of hydrogen-bond acceptors (Lipinski definition) is 6. The molecule has 0 fully saturated rings. The number of aromatic nitrogens is 4. The number of hydrogen-bond donors (Lipinski definition) is 1. The van der Waals surface area contributed by atoms with Gasteiger partial charge in [0, 0.05) is 50.2 Å². The van der Waals surface area contributed by atoms with Crippen molar-refractivity contribution in [3.8, 4) is 17.1 Å². The molecule has 0 amide bonds. The molecule has 7 heteroatoms.